The van der Waals surface area contributed by atoms with Gasteiger partial charge < -0.3 is 18.9 Å². The number of fused-ring (bicyclic) bond motifs is 4. The van der Waals surface area contributed by atoms with Gasteiger partial charge in [-0.2, -0.15) is 0 Å². The third-order valence-corrected chi connectivity index (χ3v) is 14.9. The van der Waals surface area contributed by atoms with E-state index in [1.807, 2.05) is 12.2 Å². The zero-order valence-corrected chi connectivity index (χ0v) is 42.8. The van der Waals surface area contributed by atoms with Crippen LogP contribution in [0.3, 0.4) is 0 Å². The van der Waals surface area contributed by atoms with Gasteiger partial charge in [0.05, 0.1) is 16.6 Å². The Bertz CT molecular complexity index is 4230. The van der Waals surface area contributed by atoms with Gasteiger partial charge in [0.2, 0.25) is 0 Å². The Morgan fingerprint density at radius 2 is 0.649 bits per heavy atom. The topological polar surface area (TPSA) is 16.3 Å². The number of hydrogen-bond donors (Lipinski definition) is 0. The maximum atomic E-state index is 3.98. The Labute approximate surface area is 450 Å². The van der Waals surface area contributed by atoms with Crippen LogP contribution in [0.25, 0.3) is 83.5 Å². The van der Waals surface area contributed by atoms with E-state index in [0.717, 1.165) is 67.8 Å². The van der Waals surface area contributed by atoms with E-state index in [0.29, 0.717) is 0 Å². The summed E-state index contributed by atoms with van der Waals surface area (Å²) < 4.78 is 4.72. The fraction of sp³-hybridized carbons (Fsp3) is 0.0137. The molecule has 0 unspecified atom stereocenters. The number of allylic oxidation sites excluding steroid dienone is 2. The highest BCUT2D eigenvalue weighted by molar-refractivity contribution is 6.11. The molecule has 2 aromatic heterocycles. The molecule has 0 saturated carbocycles. The number of aromatic nitrogens is 2. The molecule has 0 aliphatic rings. The minimum absolute atomic E-state index is 1.07. The first-order valence-electron chi connectivity index (χ1n) is 26.3. The molecule has 13 rings (SSSR count). The molecule has 11 aromatic carbocycles. The summed E-state index contributed by atoms with van der Waals surface area (Å²) in [6, 6.07) is 101. The summed E-state index contributed by atoms with van der Waals surface area (Å²) in [6.07, 6.45) is 6.02. The smallest absolute Gasteiger partial charge is 0.0542 e. The van der Waals surface area contributed by atoms with Gasteiger partial charge in [0, 0.05) is 67.4 Å². The normalized spacial score (nSPS) is 11.4. The van der Waals surface area contributed by atoms with Crippen molar-refractivity contribution in [3.63, 3.8) is 0 Å². The molecule has 0 N–H and O–H groups in total. The molecule has 0 amide bonds. The van der Waals surface area contributed by atoms with Crippen molar-refractivity contribution in [1.29, 1.82) is 0 Å². The van der Waals surface area contributed by atoms with Crippen LogP contribution in [0.1, 0.15) is 11.3 Å². The SMILES string of the molecule is C=C/C=C\c1c(C)c2cc(N(c3ccc(-c4ccccc4)cc3)c3ccc(-c4ccc(N(c5ccc(-c6ccccc6)cc5)c5ccc6c(c5)c5ccccc5n6-c5ccccc5)cc4)cc3)ccc2n1-c1ccccc1. The van der Waals surface area contributed by atoms with E-state index in [9.17, 15) is 0 Å². The van der Waals surface area contributed by atoms with E-state index in [1.165, 1.54) is 55.0 Å². The minimum Gasteiger partial charge on any atom is -0.310 e. The average Bonchev–Trinajstić information content (AvgIpc) is 4.08. The van der Waals surface area contributed by atoms with E-state index in [2.05, 4.69) is 318 Å². The molecule has 366 valence electrons. The van der Waals surface area contributed by atoms with Gasteiger partial charge in [-0.1, -0.05) is 183 Å². The first-order chi connectivity index (χ1) is 38.1. The van der Waals surface area contributed by atoms with Crippen molar-refractivity contribution < 1.29 is 0 Å². The molecule has 13 aromatic rings. The summed E-state index contributed by atoms with van der Waals surface area (Å²) >= 11 is 0. The van der Waals surface area contributed by atoms with E-state index >= 15 is 0 Å². The quantitative estimate of drug-likeness (QED) is 0.107. The third kappa shape index (κ3) is 8.78. The Kier molecular flexibility index (Phi) is 12.3. The lowest BCUT2D eigenvalue weighted by molar-refractivity contribution is 1.10. The molecule has 0 spiro atoms. The second kappa shape index (κ2) is 20.3. The number of anilines is 6. The monoisotopic (exact) mass is 986 g/mol. The standard InChI is InChI=1S/C73H54N4/c1-3-4-28-70-52(2)68-50-65(46-48-72(68)76(70)59-23-13-7-14-24-59)74(61-38-30-55(31-39-61)53-19-9-5-10-20-53)62-42-34-57(35-43-62)58-36-44-64(45-37-58)75(63-40-32-56(33-41-63)54-21-11-6-12-22-54)66-47-49-73-69(51-66)67-27-17-18-29-71(67)77(73)60-25-15-8-16-26-60/h3-51H,1H2,2H3/b28-4-. The minimum atomic E-state index is 1.07. The highest BCUT2D eigenvalue weighted by Gasteiger charge is 2.21. The highest BCUT2D eigenvalue weighted by Crippen LogP contribution is 2.43. The predicted octanol–water partition coefficient (Wildman–Crippen LogP) is 20.2. The van der Waals surface area contributed by atoms with Crippen molar-refractivity contribution in [1.82, 2.24) is 9.13 Å². The van der Waals surface area contributed by atoms with Crippen LogP contribution in [0.5, 0.6) is 0 Å². The van der Waals surface area contributed by atoms with Gasteiger partial charge in [-0.05, 0) is 167 Å². The molecule has 77 heavy (non-hydrogen) atoms. The van der Waals surface area contributed by atoms with Gasteiger partial charge in [-0.3, -0.25) is 0 Å². The van der Waals surface area contributed by atoms with Crippen molar-refractivity contribution in [3.8, 4) is 44.8 Å². The van der Waals surface area contributed by atoms with E-state index in [1.54, 1.807) is 0 Å². The summed E-state index contributed by atoms with van der Waals surface area (Å²) in [5.41, 5.74) is 21.6. The van der Waals surface area contributed by atoms with Crippen LogP contribution in [0.4, 0.5) is 34.1 Å². The van der Waals surface area contributed by atoms with Crippen molar-refractivity contribution in [2.45, 2.75) is 6.92 Å². The van der Waals surface area contributed by atoms with Gasteiger partial charge >= 0.3 is 0 Å². The molecular weight excluding hydrogens is 933 g/mol. The Morgan fingerprint density at radius 3 is 1.09 bits per heavy atom. The fourth-order valence-corrected chi connectivity index (χ4v) is 11.1. The van der Waals surface area contributed by atoms with Crippen molar-refractivity contribution in [3.05, 3.63) is 309 Å². The van der Waals surface area contributed by atoms with Crippen LogP contribution in [0.15, 0.2) is 298 Å². The number of hydrogen-bond acceptors (Lipinski definition) is 2. The second-order valence-corrected chi connectivity index (χ2v) is 19.5. The first-order valence-corrected chi connectivity index (χ1v) is 26.3. The van der Waals surface area contributed by atoms with Gasteiger partial charge in [0.1, 0.15) is 0 Å². The van der Waals surface area contributed by atoms with E-state index in [-0.39, 0.29) is 0 Å². The number of benzene rings is 11. The van der Waals surface area contributed by atoms with Crippen LogP contribution < -0.4 is 9.80 Å². The fourth-order valence-electron chi connectivity index (χ4n) is 11.1. The predicted molar refractivity (Wildman–Crippen MR) is 327 cm³/mol. The molecule has 0 atom stereocenters. The summed E-state index contributed by atoms with van der Waals surface area (Å²) in [6.45, 7) is 6.20. The Morgan fingerprint density at radius 1 is 0.312 bits per heavy atom. The third-order valence-electron chi connectivity index (χ3n) is 14.9. The molecule has 4 nitrogen and oxygen atoms in total. The van der Waals surface area contributed by atoms with E-state index in [4.69, 9.17) is 0 Å². The maximum absolute atomic E-state index is 3.98. The first kappa shape index (κ1) is 46.6. The van der Waals surface area contributed by atoms with Crippen molar-refractivity contribution >= 4 is 72.9 Å². The maximum Gasteiger partial charge on any atom is 0.0542 e. The summed E-state index contributed by atoms with van der Waals surface area (Å²) in [7, 11) is 0. The summed E-state index contributed by atoms with van der Waals surface area (Å²) in [4.78, 5) is 4.75. The van der Waals surface area contributed by atoms with Crippen LogP contribution in [-0.2, 0) is 0 Å². The Balaban J connectivity index is 0.879. The van der Waals surface area contributed by atoms with Crippen LogP contribution in [0, 0.1) is 6.92 Å². The van der Waals surface area contributed by atoms with Crippen LogP contribution in [-0.4, -0.2) is 9.13 Å². The molecule has 0 fully saturated rings. The molecule has 0 aliphatic carbocycles. The lowest BCUT2D eigenvalue weighted by Gasteiger charge is -2.27. The molecule has 0 radical (unpaired) electrons. The zero-order valence-electron chi connectivity index (χ0n) is 42.8. The van der Waals surface area contributed by atoms with E-state index < -0.39 is 0 Å². The number of aryl methyl sites for hydroxylation is 1. The number of rotatable bonds is 13. The van der Waals surface area contributed by atoms with Crippen molar-refractivity contribution in [2.24, 2.45) is 0 Å². The molecule has 0 aliphatic heterocycles. The summed E-state index contributed by atoms with van der Waals surface area (Å²) in [5.74, 6) is 0. The second-order valence-electron chi connectivity index (χ2n) is 19.5. The molecule has 2 heterocycles. The molecular formula is C73H54N4. The molecule has 0 saturated heterocycles. The zero-order chi connectivity index (χ0) is 51.7. The molecule has 4 heteroatoms. The Hall–Kier alpha value is -10.2. The highest BCUT2D eigenvalue weighted by atomic mass is 15.1. The van der Waals surface area contributed by atoms with Gasteiger partial charge in [0.25, 0.3) is 0 Å². The average molecular weight is 987 g/mol. The molecule has 0 bridgehead atoms. The summed E-state index contributed by atoms with van der Waals surface area (Å²) in [5, 5.41) is 3.62. The number of para-hydroxylation sites is 3. The van der Waals surface area contributed by atoms with Crippen LogP contribution >= 0.6 is 0 Å². The van der Waals surface area contributed by atoms with Crippen LogP contribution in [0.2, 0.25) is 0 Å². The largest absolute Gasteiger partial charge is 0.310 e. The van der Waals surface area contributed by atoms with Gasteiger partial charge in [-0.15, -0.1) is 0 Å². The number of nitrogens with zero attached hydrogens (tertiary/aromatic N) is 4. The lowest BCUT2D eigenvalue weighted by atomic mass is 10.0. The van der Waals surface area contributed by atoms with Gasteiger partial charge in [-0.25, -0.2) is 0 Å². The lowest BCUT2D eigenvalue weighted by Crippen LogP contribution is -2.10. The van der Waals surface area contributed by atoms with Crippen molar-refractivity contribution in [2.75, 3.05) is 9.80 Å². The van der Waals surface area contributed by atoms with Gasteiger partial charge in [0.15, 0.2) is 0 Å².